The number of halogens is 1. The lowest BCUT2D eigenvalue weighted by atomic mass is 10.1. The van der Waals surface area contributed by atoms with E-state index in [9.17, 15) is 9.79 Å². The van der Waals surface area contributed by atoms with E-state index >= 15 is 0 Å². The summed E-state index contributed by atoms with van der Waals surface area (Å²) in [6.45, 7) is 0. The van der Waals surface area contributed by atoms with Gasteiger partial charge in [-0.25, -0.2) is 0 Å². The lowest BCUT2D eigenvalue weighted by Crippen LogP contribution is -2.15. The zero-order valence-electron chi connectivity index (χ0n) is 12.6. The van der Waals surface area contributed by atoms with Gasteiger partial charge in [0.1, 0.15) is 0 Å². The smallest absolute Gasteiger partial charge is 0.186 e. The third kappa shape index (κ3) is 4.12. The fraction of sp³-hybridized carbons (Fsp3) is 0.0588. The molecule has 0 amide bonds. The SMILES string of the molecule is Nc1cc(Cl)cc(SN(CP(O)O)c2cccc3ccccc23)c1. The summed E-state index contributed by atoms with van der Waals surface area (Å²) in [6.07, 6.45) is 0.112. The minimum Gasteiger partial charge on any atom is -0.399 e. The molecule has 0 saturated carbocycles. The second-order valence-corrected chi connectivity index (χ2v) is 7.76. The predicted molar refractivity (Wildman–Crippen MR) is 104 cm³/mol. The number of nitrogen functional groups attached to an aromatic ring is 1. The normalized spacial score (nSPS) is 11.2. The Morgan fingerprint density at radius 3 is 2.54 bits per heavy atom. The molecular weight excluding hydrogens is 363 g/mol. The molecular formula is C17H16ClN2O2PS. The van der Waals surface area contributed by atoms with Crippen LogP contribution in [0.1, 0.15) is 0 Å². The van der Waals surface area contributed by atoms with Crippen LogP contribution in [-0.4, -0.2) is 16.1 Å². The third-order valence-corrected chi connectivity index (χ3v) is 5.34. The molecule has 0 fully saturated rings. The Balaban J connectivity index is 2.02. The fourth-order valence-corrected chi connectivity index (χ4v) is 4.57. The summed E-state index contributed by atoms with van der Waals surface area (Å²) in [6, 6.07) is 19.2. The maximum Gasteiger partial charge on any atom is 0.186 e. The number of nitrogens with zero attached hydrogens (tertiary/aromatic N) is 1. The molecule has 0 aliphatic rings. The van der Waals surface area contributed by atoms with Crippen LogP contribution in [0.5, 0.6) is 0 Å². The number of rotatable bonds is 5. The standard InChI is InChI=1S/C17H16ClN2O2PS/c18-13-8-14(19)10-15(9-13)24-20(11-23(21)22)17-7-3-5-12-4-1-2-6-16(12)17/h1-10,21-22H,11,19H2. The Bertz CT molecular complexity index is 837. The molecule has 0 radical (unpaired) electrons. The summed E-state index contributed by atoms with van der Waals surface area (Å²) >= 11 is 7.45. The van der Waals surface area contributed by atoms with Crippen molar-refractivity contribution in [2.24, 2.45) is 0 Å². The van der Waals surface area contributed by atoms with E-state index in [1.807, 2.05) is 52.8 Å². The second kappa shape index (κ2) is 7.60. The minimum atomic E-state index is -2.09. The van der Waals surface area contributed by atoms with Gasteiger partial charge in [0.05, 0.1) is 12.0 Å². The first-order chi connectivity index (χ1) is 11.5. The van der Waals surface area contributed by atoms with Crippen molar-refractivity contribution in [2.75, 3.05) is 16.3 Å². The summed E-state index contributed by atoms with van der Waals surface area (Å²) in [5, 5.41) is 2.68. The molecule has 0 bridgehead atoms. The van der Waals surface area contributed by atoms with Gasteiger partial charge in [0.15, 0.2) is 8.38 Å². The number of benzene rings is 3. The maximum atomic E-state index is 9.56. The lowest BCUT2D eigenvalue weighted by molar-refractivity contribution is 0.484. The van der Waals surface area contributed by atoms with Gasteiger partial charge in [0.2, 0.25) is 0 Å². The van der Waals surface area contributed by atoms with E-state index in [1.54, 1.807) is 12.1 Å². The van der Waals surface area contributed by atoms with Crippen LogP contribution in [0.3, 0.4) is 0 Å². The second-order valence-electron chi connectivity index (χ2n) is 5.20. The number of hydrogen-bond acceptors (Lipinski definition) is 5. The van der Waals surface area contributed by atoms with E-state index in [-0.39, 0.29) is 6.29 Å². The van der Waals surface area contributed by atoms with Gasteiger partial charge in [-0.05, 0) is 41.6 Å². The van der Waals surface area contributed by atoms with Gasteiger partial charge in [0.25, 0.3) is 0 Å². The topological polar surface area (TPSA) is 69.7 Å². The summed E-state index contributed by atoms with van der Waals surface area (Å²) < 4.78 is 1.86. The summed E-state index contributed by atoms with van der Waals surface area (Å²) in [5.41, 5.74) is 7.33. The van der Waals surface area contributed by atoms with Crippen LogP contribution in [0.15, 0.2) is 65.6 Å². The van der Waals surface area contributed by atoms with E-state index in [4.69, 9.17) is 17.3 Å². The predicted octanol–water partition coefficient (Wildman–Crippen LogP) is 4.84. The monoisotopic (exact) mass is 378 g/mol. The van der Waals surface area contributed by atoms with Crippen LogP contribution in [0.4, 0.5) is 11.4 Å². The van der Waals surface area contributed by atoms with Gasteiger partial charge in [0, 0.05) is 21.0 Å². The average Bonchev–Trinajstić information content (AvgIpc) is 2.52. The molecule has 7 heteroatoms. The van der Waals surface area contributed by atoms with Gasteiger partial charge < -0.3 is 19.8 Å². The molecule has 3 rings (SSSR count). The number of anilines is 2. The van der Waals surface area contributed by atoms with Crippen molar-refractivity contribution in [1.29, 1.82) is 0 Å². The molecule has 124 valence electrons. The molecule has 0 aromatic heterocycles. The highest BCUT2D eigenvalue weighted by atomic mass is 35.5. The van der Waals surface area contributed by atoms with Crippen molar-refractivity contribution < 1.29 is 9.79 Å². The Labute approximate surface area is 150 Å². The van der Waals surface area contributed by atoms with Crippen LogP contribution in [0, 0.1) is 0 Å². The first-order valence-electron chi connectivity index (χ1n) is 7.17. The van der Waals surface area contributed by atoms with Crippen molar-refractivity contribution in [2.45, 2.75) is 4.90 Å². The molecule has 24 heavy (non-hydrogen) atoms. The molecule has 3 aromatic rings. The van der Waals surface area contributed by atoms with Gasteiger partial charge in [-0.3, -0.25) is 0 Å². The minimum absolute atomic E-state index is 0.112. The van der Waals surface area contributed by atoms with Crippen molar-refractivity contribution in [3.8, 4) is 0 Å². The Morgan fingerprint density at radius 1 is 1.04 bits per heavy atom. The van der Waals surface area contributed by atoms with Crippen molar-refractivity contribution in [1.82, 2.24) is 0 Å². The third-order valence-electron chi connectivity index (χ3n) is 3.40. The highest BCUT2D eigenvalue weighted by Gasteiger charge is 2.16. The molecule has 0 aliphatic carbocycles. The molecule has 3 aromatic carbocycles. The van der Waals surface area contributed by atoms with Crippen molar-refractivity contribution >= 4 is 54.1 Å². The molecule has 0 atom stereocenters. The molecule has 0 heterocycles. The van der Waals surface area contributed by atoms with Gasteiger partial charge >= 0.3 is 0 Å². The quantitative estimate of drug-likeness (QED) is 0.336. The summed E-state index contributed by atoms with van der Waals surface area (Å²) in [5.74, 6) is 0. The number of hydrogen-bond donors (Lipinski definition) is 3. The molecule has 0 aliphatic heterocycles. The highest BCUT2D eigenvalue weighted by molar-refractivity contribution is 8.01. The van der Waals surface area contributed by atoms with Gasteiger partial charge in [-0.1, -0.05) is 48.0 Å². The molecule has 4 nitrogen and oxygen atoms in total. The first kappa shape index (κ1) is 17.3. The van der Waals surface area contributed by atoms with Crippen LogP contribution >= 0.6 is 31.9 Å². The highest BCUT2D eigenvalue weighted by Crippen LogP contribution is 2.40. The van der Waals surface area contributed by atoms with E-state index in [0.717, 1.165) is 21.4 Å². The van der Waals surface area contributed by atoms with Crippen LogP contribution < -0.4 is 10.0 Å². The van der Waals surface area contributed by atoms with Gasteiger partial charge in [-0.2, -0.15) is 0 Å². The van der Waals surface area contributed by atoms with E-state index < -0.39 is 8.38 Å². The zero-order chi connectivity index (χ0) is 17.1. The molecule has 0 unspecified atom stereocenters. The lowest BCUT2D eigenvalue weighted by Gasteiger charge is -2.25. The summed E-state index contributed by atoms with van der Waals surface area (Å²) in [7, 11) is -2.09. The van der Waals surface area contributed by atoms with Crippen molar-refractivity contribution in [3.05, 3.63) is 65.7 Å². The van der Waals surface area contributed by atoms with Crippen LogP contribution in [-0.2, 0) is 0 Å². The zero-order valence-corrected chi connectivity index (χ0v) is 15.1. The Hall–Kier alpha value is -1.49. The fourth-order valence-electron chi connectivity index (χ4n) is 2.46. The maximum absolute atomic E-state index is 9.56. The Kier molecular flexibility index (Phi) is 5.49. The number of fused-ring (bicyclic) bond motifs is 1. The van der Waals surface area contributed by atoms with E-state index in [2.05, 4.69) is 0 Å². The van der Waals surface area contributed by atoms with E-state index in [1.165, 1.54) is 11.9 Å². The average molecular weight is 379 g/mol. The Morgan fingerprint density at radius 2 is 1.79 bits per heavy atom. The van der Waals surface area contributed by atoms with Crippen molar-refractivity contribution in [3.63, 3.8) is 0 Å². The number of nitrogens with two attached hydrogens (primary N) is 1. The molecule has 0 spiro atoms. The summed E-state index contributed by atoms with van der Waals surface area (Å²) in [4.78, 5) is 20.0. The first-order valence-corrected chi connectivity index (χ1v) is 9.76. The van der Waals surface area contributed by atoms with Crippen LogP contribution in [0.25, 0.3) is 10.8 Å². The molecule has 4 N–H and O–H groups in total. The largest absolute Gasteiger partial charge is 0.399 e. The van der Waals surface area contributed by atoms with E-state index in [0.29, 0.717) is 10.7 Å². The molecule has 0 saturated heterocycles. The van der Waals surface area contributed by atoms with Gasteiger partial charge in [-0.15, -0.1) is 0 Å². The van der Waals surface area contributed by atoms with Crippen LogP contribution in [0.2, 0.25) is 5.02 Å².